The Balaban J connectivity index is 0.00000200. The van der Waals surface area contributed by atoms with E-state index in [1.54, 1.807) is 0 Å². The molecule has 0 radical (unpaired) electrons. The first-order chi connectivity index (χ1) is 8.99. The summed E-state index contributed by atoms with van der Waals surface area (Å²) in [4.78, 5) is -0.313. The maximum Gasteiger partial charge on any atom is 0.243 e. The second-order valence-electron chi connectivity index (χ2n) is 4.62. The molecule has 0 aromatic heterocycles. The first kappa shape index (κ1) is 17.8. The van der Waals surface area contributed by atoms with Gasteiger partial charge < -0.3 is 5.32 Å². The molecule has 0 spiro atoms. The number of rotatable bonds is 5. The molecule has 114 valence electrons. The number of halogens is 3. The molecular weight excluding hydrogens is 371 g/mol. The van der Waals surface area contributed by atoms with Gasteiger partial charge in [-0.2, -0.15) is 0 Å². The van der Waals surface area contributed by atoms with Gasteiger partial charge in [-0.25, -0.2) is 17.5 Å². The minimum absolute atomic E-state index is 0. The van der Waals surface area contributed by atoms with E-state index >= 15 is 0 Å². The van der Waals surface area contributed by atoms with Crippen molar-refractivity contribution >= 4 is 38.4 Å². The maximum atomic E-state index is 13.5. The fourth-order valence-corrected chi connectivity index (χ4v) is 3.78. The smallest absolute Gasteiger partial charge is 0.243 e. The molecule has 0 amide bonds. The molecule has 20 heavy (non-hydrogen) atoms. The molecule has 1 atom stereocenters. The van der Waals surface area contributed by atoms with Gasteiger partial charge in [-0.3, -0.25) is 0 Å². The average Bonchev–Trinajstić information content (AvgIpc) is 2.85. The van der Waals surface area contributed by atoms with Gasteiger partial charge in [-0.15, -0.1) is 12.4 Å². The lowest BCUT2D eigenvalue weighted by molar-refractivity contribution is 0.515. The molecule has 1 aromatic rings. The van der Waals surface area contributed by atoms with Gasteiger partial charge in [0.15, 0.2) is 0 Å². The van der Waals surface area contributed by atoms with Gasteiger partial charge >= 0.3 is 0 Å². The summed E-state index contributed by atoms with van der Waals surface area (Å²) in [5.74, 6) is -0.242. The van der Waals surface area contributed by atoms with Gasteiger partial charge in [0, 0.05) is 11.0 Å². The molecule has 1 unspecified atom stereocenters. The minimum Gasteiger partial charge on any atom is -0.316 e. The summed E-state index contributed by atoms with van der Waals surface area (Å²) in [5, 5.41) is 3.22. The Morgan fingerprint density at radius 3 is 2.85 bits per heavy atom. The van der Waals surface area contributed by atoms with E-state index in [9.17, 15) is 12.8 Å². The molecular formula is C12H17BrClFN2O2S. The summed E-state index contributed by atoms with van der Waals surface area (Å²) in [6.45, 7) is 2.24. The van der Waals surface area contributed by atoms with Crippen LogP contribution in [0, 0.1) is 11.7 Å². The number of hydrogen-bond acceptors (Lipinski definition) is 3. The Morgan fingerprint density at radius 1 is 1.45 bits per heavy atom. The van der Waals surface area contributed by atoms with Crippen LogP contribution >= 0.6 is 28.3 Å². The summed E-state index contributed by atoms with van der Waals surface area (Å²) in [7, 11) is -3.78. The van der Waals surface area contributed by atoms with Crippen molar-refractivity contribution in [3.63, 3.8) is 0 Å². The first-order valence-corrected chi connectivity index (χ1v) is 8.42. The molecule has 4 nitrogen and oxygen atoms in total. The monoisotopic (exact) mass is 386 g/mol. The zero-order chi connectivity index (χ0) is 13.9. The van der Waals surface area contributed by atoms with Crippen molar-refractivity contribution < 1.29 is 12.8 Å². The number of benzene rings is 1. The third kappa shape index (κ3) is 4.66. The molecule has 2 N–H and O–H groups in total. The van der Waals surface area contributed by atoms with Crippen LogP contribution in [0.3, 0.4) is 0 Å². The van der Waals surface area contributed by atoms with Gasteiger partial charge in [0.25, 0.3) is 0 Å². The highest BCUT2D eigenvalue weighted by molar-refractivity contribution is 9.10. The summed E-state index contributed by atoms with van der Waals surface area (Å²) in [6, 6.07) is 3.88. The van der Waals surface area contributed by atoms with Gasteiger partial charge in [-0.05, 0) is 50.0 Å². The number of nitrogens with one attached hydrogen (secondary N) is 2. The van der Waals surface area contributed by atoms with Crippen LogP contribution < -0.4 is 10.0 Å². The summed E-state index contributed by atoms with van der Waals surface area (Å²) in [5.41, 5.74) is 0. The third-order valence-electron chi connectivity index (χ3n) is 3.19. The summed E-state index contributed by atoms with van der Waals surface area (Å²) in [6.07, 6.45) is 1.83. The van der Waals surface area contributed by atoms with E-state index in [1.165, 1.54) is 12.1 Å². The Labute approximate surface area is 133 Å². The fraction of sp³-hybridized carbons (Fsp3) is 0.500. The number of hydrogen-bond donors (Lipinski definition) is 2. The Morgan fingerprint density at radius 2 is 2.20 bits per heavy atom. The highest BCUT2D eigenvalue weighted by Gasteiger charge is 2.20. The van der Waals surface area contributed by atoms with Crippen LogP contribution in [0.5, 0.6) is 0 Å². The zero-order valence-corrected chi connectivity index (χ0v) is 14.0. The molecule has 1 aromatic carbocycles. The highest BCUT2D eigenvalue weighted by atomic mass is 79.9. The van der Waals surface area contributed by atoms with Gasteiger partial charge in [0.05, 0.1) is 0 Å². The van der Waals surface area contributed by atoms with E-state index in [-0.39, 0.29) is 17.3 Å². The molecule has 1 fully saturated rings. The van der Waals surface area contributed by atoms with E-state index in [1.807, 2.05) is 0 Å². The van der Waals surface area contributed by atoms with Crippen molar-refractivity contribution in [3.05, 3.63) is 28.5 Å². The highest BCUT2D eigenvalue weighted by Crippen LogP contribution is 2.20. The van der Waals surface area contributed by atoms with Gasteiger partial charge in [0.1, 0.15) is 10.7 Å². The molecule has 2 rings (SSSR count). The van der Waals surface area contributed by atoms with Crippen LogP contribution in [0.1, 0.15) is 12.8 Å². The van der Waals surface area contributed by atoms with Crippen molar-refractivity contribution in [2.24, 2.45) is 5.92 Å². The molecule has 1 heterocycles. The molecule has 0 aliphatic carbocycles. The fourth-order valence-electron chi connectivity index (χ4n) is 2.12. The summed E-state index contributed by atoms with van der Waals surface area (Å²) < 4.78 is 40.5. The van der Waals surface area contributed by atoms with Crippen LogP contribution in [-0.4, -0.2) is 28.1 Å². The lowest BCUT2D eigenvalue weighted by atomic mass is 10.1. The lowest BCUT2D eigenvalue weighted by Crippen LogP contribution is -2.27. The standard InChI is InChI=1S/C12H16BrFN2O2S.ClH/c13-10-1-2-11(14)12(7-10)19(17,18)16-6-4-9-3-5-15-8-9;/h1-2,7,9,15-16H,3-6,8H2;1H. The topological polar surface area (TPSA) is 58.2 Å². The summed E-state index contributed by atoms with van der Waals surface area (Å²) >= 11 is 3.14. The van der Waals surface area contributed by atoms with E-state index in [2.05, 4.69) is 26.0 Å². The molecule has 8 heteroatoms. The molecule has 1 aliphatic rings. The predicted octanol–water partition coefficient (Wildman–Crippen LogP) is 2.29. The molecule has 1 aliphatic heterocycles. The first-order valence-electron chi connectivity index (χ1n) is 6.14. The zero-order valence-electron chi connectivity index (χ0n) is 10.7. The van der Waals surface area contributed by atoms with Crippen LogP contribution in [0.25, 0.3) is 0 Å². The maximum absolute atomic E-state index is 13.5. The van der Waals surface area contributed by atoms with E-state index in [4.69, 9.17) is 0 Å². The predicted molar refractivity (Wildman–Crippen MR) is 82.1 cm³/mol. The molecule has 1 saturated heterocycles. The average molecular weight is 388 g/mol. The normalized spacial score (nSPS) is 18.8. The SMILES string of the molecule is Cl.O=S(=O)(NCCC1CCNC1)c1cc(Br)ccc1F. The van der Waals surface area contributed by atoms with Crippen molar-refractivity contribution in [2.75, 3.05) is 19.6 Å². The van der Waals surface area contributed by atoms with Gasteiger partial charge in [-0.1, -0.05) is 15.9 Å². The van der Waals surface area contributed by atoms with Crippen molar-refractivity contribution in [2.45, 2.75) is 17.7 Å². The van der Waals surface area contributed by atoms with Crippen LogP contribution in [-0.2, 0) is 10.0 Å². The second-order valence-corrected chi connectivity index (χ2v) is 7.27. The Kier molecular flexibility index (Phi) is 6.87. The second kappa shape index (κ2) is 7.70. The van der Waals surface area contributed by atoms with Crippen molar-refractivity contribution in [3.8, 4) is 0 Å². The van der Waals surface area contributed by atoms with Crippen molar-refractivity contribution in [1.82, 2.24) is 10.0 Å². The Bertz CT molecular complexity index is 550. The van der Waals surface area contributed by atoms with Crippen molar-refractivity contribution in [1.29, 1.82) is 0 Å². The lowest BCUT2D eigenvalue weighted by Gasteiger charge is -2.10. The van der Waals surface area contributed by atoms with Crippen LogP contribution in [0.2, 0.25) is 0 Å². The quantitative estimate of drug-likeness (QED) is 0.815. The van der Waals surface area contributed by atoms with Crippen LogP contribution in [0.4, 0.5) is 4.39 Å². The van der Waals surface area contributed by atoms with E-state index in [0.717, 1.165) is 32.0 Å². The molecule has 0 bridgehead atoms. The van der Waals surface area contributed by atoms with Crippen LogP contribution in [0.15, 0.2) is 27.6 Å². The van der Waals surface area contributed by atoms with E-state index in [0.29, 0.717) is 16.9 Å². The van der Waals surface area contributed by atoms with E-state index < -0.39 is 15.8 Å². The number of sulfonamides is 1. The van der Waals surface area contributed by atoms with Gasteiger partial charge in [0.2, 0.25) is 10.0 Å². The molecule has 0 saturated carbocycles. The minimum atomic E-state index is -3.78. The Hall–Kier alpha value is -0.210. The third-order valence-corrected chi connectivity index (χ3v) is 5.16. The largest absolute Gasteiger partial charge is 0.316 e.